The van der Waals surface area contributed by atoms with Crippen LogP contribution in [0.3, 0.4) is 0 Å². The van der Waals surface area contributed by atoms with Gasteiger partial charge in [-0.3, -0.25) is 10.1 Å². The first-order chi connectivity index (χ1) is 14.9. The fourth-order valence-electron chi connectivity index (χ4n) is 3.76. The minimum atomic E-state index is -1.18. The molecule has 3 aromatic rings. The highest BCUT2D eigenvalue weighted by Gasteiger charge is 2.29. The number of rotatable bonds is 4. The van der Waals surface area contributed by atoms with Crippen LogP contribution in [0.25, 0.3) is 22.6 Å². The van der Waals surface area contributed by atoms with Crippen molar-refractivity contribution in [2.24, 2.45) is 5.73 Å². The number of nitrogens with zero attached hydrogens (tertiary/aromatic N) is 1. The first kappa shape index (κ1) is 20.3. The summed E-state index contributed by atoms with van der Waals surface area (Å²) in [5.74, 6) is -1.41. The van der Waals surface area contributed by atoms with E-state index >= 15 is 0 Å². The third kappa shape index (κ3) is 4.16. The van der Waals surface area contributed by atoms with Gasteiger partial charge in [0.25, 0.3) is 5.91 Å². The molecule has 3 amide bonds. The van der Waals surface area contributed by atoms with Gasteiger partial charge in [-0.2, -0.15) is 0 Å². The molecular weight excluding hydrogens is 394 g/mol. The molecule has 1 aliphatic rings. The standard InChI is InChI=1S/C24H21N3O4/c1-14(22(28)27-24(25)30)31-23(29)20-17-9-5-6-10-19(17)26-21-16(11-12-18(20)21)13-15-7-3-2-4-8-15/h2-10,13-14H,11-12H2,1H3,(H3,25,27,28,30)/b16-13+. The number of esters is 1. The molecular formula is C24H21N3O4. The number of carbonyl (C=O) groups is 3. The summed E-state index contributed by atoms with van der Waals surface area (Å²) in [5, 5.41) is 2.59. The SMILES string of the molecule is CC(OC(=O)c1c2c(nc3ccccc13)/C(=C/c1ccccc1)CC2)C(=O)NC(N)=O. The number of primary amides is 1. The molecule has 0 saturated heterocycles. The van der Waals surface area contributed by atoms with Gasteiger partial charge in [0.15, 0.2) is 6.10 Å². The van der Waals surface area contributed by atoms with Crippen molar-refractivity contribution in [3.63, 3.8) is 0 Å². The van der Waals surface area contributed by atoms with Crippen LogP contribution >= 0.6 is 0 Å². The summed E-state index contributed by atoms with van der Waals surface area (Å²) >= 11 is 0. The summed E-state index contributed by atoms with van der Waals surface area (Å²) in [7, 11) is 0. The molecule has 1 aromatic heterocycles. The maximum atomic E-state index is 13.1. The summed E-state index contributed by atoms with van der Waals surface area (Å²) in [5.41, 5.74) is 9.71. The van der Waals surface area contributed by atoms with Crippen LogP contribution in [0.1, 0.15) is 40.5 Å². The fourth-order valence-corrected chi connectivity index (χ4v) is 3.76. The number of amides is 3. The second-order valence-electron chi connectivity index (χ2n) is 7.31. The van der Waals surface area contributed by atoms with Crippen LogP contribution in [0.5, 0.6) is 0 Å². The number of aromatic nitrogens is 1. The number of allylic oxidation sites excluding steroid dienone is 1. The van der Waals surface area contributed by atoms with Gasteiger partial charge < -0.3 is 10.5 Å². The molecule has 1 unspecified atom stereocenters. The molecule has 0 saturated carbocycles. The monoisotopic (exact) mass is 415 g/mol. The highest BCUT2D eigenvalue weighted by atomic mass is 16.5. The number of hydrogen-bond acceptors (Lipinski definition) is 5. The van der Waals surface area contributed by atoms with Crippen molar-refractivity contribution in [3.8, 4) is 0 Å². The van der Waals surface area contributed by atoms with E-state index in [1.54, 1.807) is 0 Å². The smallest absolute Gasteiger partial charge is 0.339 e. The van der Waals surface area contributed by atoms with E-state index in [1.807, 2.05) is 59.9 Å². The normalized spacial score (nSPS) is 14.8. The average Bonchev–Trinajstić information content (AvgIpc) is 3.14. The molecule has 0 aliphatic heterocycles. The lowest BCUT2D eigenvalue weighted by atomic mass is 10.0. The topological polar surface area (TPSA) is 111 Å². The van der Waals surface area contributed by atoms with Gasteiger partial charge in [0.05, 0.1) is 16.8 Å². The maximum absolute atomic E-state index is 13.1. The van der Waals surface area contributed by atoms with Crippen LogP contribution in [-0.4, -0.2) is 29.0 Å². The molecule has 7 nitrogen and oxygen atoms in total. The number of nitrogens with two attached hydrogens (primary N) is 1. The van der Waals surface area contributed by atoms with E-state index in [0.29, 0.717) is 22.9 Å². The summed E-state index contributed by atoms with van der Waals surface area (Å²) in [6.07, 6.45) is 2.28. The maximum Gasteiger partial charge on any atom is 0.339 e. The minimum absolute atomic E-state index is 0.399. The van der Waals surface area contributed by atoms with Crippen molar-refractivity contribution in [3.05, 3.63) is 77.0 Å². The Bertz CT molecular complexity index is 1220. The Hall–Kier alpha value is -4.00. The van der Waals surface area contributed by atoms with Crippen molar-refractivity contribution >= 4 is 40.5 Å². The summed E-state index contributed by atoms with van der Waals surface area (Å²) < 4.78 is 5.38. The van der Waals surface area contributed by atoms with Crippen LogP contribution in [0, 0.1) is 0 Å². The number of carbonyl (C=O) groups excluding carboxylic acids is 3. The molecule has 3 N–H and O–H groups in total. The number of fused-ring (bicyclic) bond motifs is 2. The number of imide groups is 1. The van der Waals surface area contributed by atoms with E-state index in [9.17, 15) is 14.4 Å². The number of para-hydroxylation sites is 1. The number of nitrogens with one attached hydrogen (secondary N) is 1. The average molecular weight is 415 g/mol. The van der Waals surface area contributed by atoms with E-state index in [2.05, 4.69) is 6.08 Å². The number of pyridine rings is 1. The highest BCUT2D eigenvalue weighted by Crippen LogP contribution is 2.37. The van der Waals surface area contributed by atoms with E-state index in [-0.39, 0.29) is 0 Å². The lowest BCUT2D eigenvalue weighted by Gasteiger charge is -2.15. The first-order valence-electron chi connectivity index (χ1n) is 9.93. The second kappa shape index (κ2) is 8.39. The summed E-state index contributed by atoms with van der Waals surface area (Å²) in [6, 6.07) is 16.3. The van der Waals surface area contributed by atoms with Crippen LogP contribution in [-0.2, 0) is 16.0 Å². The molecule has 0 radical (unpaired) electrons. The third-order valence-electron chi connectivity index (χ3n) is 5.19. The Morgan fingerprint density at radius 3 is 2.52 bits per heavy atom. The molecule has 0 fully saturated rings. The largest absolute Gasteiger partial charge is 0.449 e. The second-order valence-corrected chi connectivity index (χ2v) is 7.31. The molecule has 31 heavy (non-hydrogen) atoms. The van der Waals surface area contributed by atoms with Gasteiger partial charge in [-0.1, -0.05) is 48.5 Å². The molecule has 2 aromatic carbocycles. The summed E-state index contributed by atoms with van der Waals surface area (Å²) in [6.45, 7) is 1.39. The zero-order chi connectivity index (χ0) is 22.0. The van der Waals surface area contributed by atoms with Crippen LogP contribution in [0.4, 0.5) is 4.79 Å². The van der Waals surface area contributed by atoms with Crippen molar-refractivity contribution < 1.29 is 19.1 Å². The highest BCUT2D eigenvalue weighted by molar-refractivity contribution is 6.08. The molecule has 1 aliphatic carbocycles. The van der Waals surface area contributed by atoms with Gasteiger partial charge in [0, 0.05) is 5.39 Å². The molecule has 1 heterocycles. The Morgan fingerprint density at radius 1 is 1.06 bits per heavy atom. The molecule has 0 bridgehead atoms. The van der Waals surface area contributed by atoms with Gasteiger partial charge in [0.2, 0.25) is 0 Å². The lowest BCUT2D eigenvalue weighted by Crippen LogP contribution is -2.42. The Morgan fingerprint density at radius 2 is 1.77 bits per heavy atom. The van der Waals surface area contributed by atoms with E-state index < -0.39 is 24.0 Å². The number of urea groups is 1. The third-order valence-corrected chi connectivity index (χ3v) is 5.19. The molecule has 0 spiro atoms. The summed E-state index contributed by atoms with van der Waals surface area (Å²) in [4.78, 5) is 40.8. The molecule has 7 heteroatoms. The lowest BCUT2D eigenvalue weighted by molar-refractivity contribution is -0.127. The first-order valence-corrected chi connectivity index (χ1v) is 9.93. The van der Waals surface area contributed by atoms with E-state index in [4.69, 9.17) is 15.5 Å². The molecule has 4 rings (SSSR count). The van der Waals surface area contributed by atoms with Gasteiger partial charge >= 0.3 is 12.0 Å². The Labute approximate surface area is 178 Å². The van der Waals surface area contributed by atoms with Gasteiger partial charge in [-0.15, -0.1) is 0 Å². The zero-order valence-corrected chi connectivity index (χ0v) is 16.9. The van der Waals surface area contributed by atoms with Crippen molar-refractivity contribution in [1.82, 2.24) is 10.3 Å². The predicted octanol–water partition coefficient (Wildman–Crippen LogP) is 3.46. The minimum Gasteiger partial charge on any atom is -0.449 e. The predicted molar refractivity (Wildman–Crippen MR) is 117 cm³/mol. The van der Waals surface area contributed by atoms with Gasteiger partial charge in [-0.05, 0) is 48.6 Å². The Kier molecular flexibility index (Phi) is 5.49. The van der Waals surface area contributed by atoms with Crippen LogP contribution in [0.2, 0.25) is 0 Å². The number of hydrogen-bond donors (Lipinski definition) is 2. The van der Waals surface area contributed by atoms with E-state index in [1.165, 1.54) is 6.92 Å². The fraction of sp³-hybridized carbons (Fsp3) is 0.167. The van der Waals surface area contributed by atoms with Crippen LogP contribution in [0.15, 0.2) is 54.6 Å². The van der Waals surface area contributed by atoms with Crippen molar-refractivity contribution in [2.45, 2.75) is 25.9 Å². The number of benzene rings is 2. The van der Waals surface area contributed by atoms with Gasteiger partial charge in [-0.25, -0.2) is 14.6 Å². The quantitative estimate of drug-likeness (QED) is 0.634. The van der Waals surface area contributed by atoms with Crippen molar-refractivity contribution in [1.29, 1.82) is 0 Å². The Balaban J connectivity index is 1.76. The van der Waals surface area contributed by atoms with Gasteiger partial charge in [0.1, 0.15) is 0 Å². The molecule has 156 valence electrons. The molecule has 1 atom stereocenters. The van der Waals surface area contributed by atoms with Crippen molar-refractivity contribution in [2.75, 3.05) is 0 Å². The van der Waals surface area contributed by atoms with E-state index in [0.717, 1.165) is 28.8 Å². The number of ether oxygens (including phenoxy) is 1. The zero-order valence-electron chi connectivity index (χ0n) is 16.9. The van der Waals surface area contributed by atoms with Crippen LogP contribution < -0.4 is 11.1 Å².